The number of ether oxygens (including phenoxy) is 1. The monoisotopic (exact) mass is 406 g/mol. The second kappa shape index (κ2) is 8.98. The van der Waals surface area contributed by atoms with Crippen molar-refractivity contribution >= 4 is 11.7 Å². The number of aromatic nitrogens is 2. The highest BCUT2D eigenvalue weighted by molar-refractivity contribution is 5.91. The van der Waals surface area contributed by atoms with Crippen LogP contribution in [0.4, 0.5) is 10.5 Å². The van der Waals surface area contributed by atoms with Crippen molar-refractivity contribution in [2.75, 3.05) is 18.5 Å². The van der Waals surface area contributed by atoms with Crippen molar-refractivity contribution in [3.63, 3.8) is 0 Å². The number of hydrogen-bond acceptors (Lipinski definition) is 5. The number of likely N-dealkylation sites (tertiary alicyclic amines) is 1. The molecule has 156 valence electrons. The molecule has 1 unspecified atom stereocenters. The van der Waals surface area contributed by atoms with E-state index in [2.05, 4.69) is 15.5 Å². The van der Waals surface area contributed by atoms with E-state index in [9.17, 15) is 4.79 Å². The zero-order chi connectivity index (χ0) is 20.9. The topological polar surface area (TPSA) is 80.5 Å². The molecular weight excluding hydrogens is 380 g/mol. The van der Waals surface area contributed by atoms with Crippen LogP contribution in [0, 0.1) is 6.92 Å². The molecule has 1 aliphatic rings. The molecule has 2 aromatic carbocycles. The first kappa shape index (κ1) is 19.9. The Hall–Kier alpha value is -3.35. The number of carbonyl (C=O) groups is 1. The van der Waals surface area contributed by atoms with Crippen LogP contribution in [0.1, 0.15) is 43.7 Å². The van der Waals surface area contributed by atoms with E-state index in [0.717, 1.165) is 24.8 Å². The van der Waals surface area contributed by atoms with Gasteiger partial charge in [0.25, 0.3) is 0 Å². The minimum Gasteiger partial charge on any atom is -0.492 e. The van der Waals surface area contributed by atoms with Crippen LogP contribution in [0.2, 0.25) is 0 Å². The van der Waals surface area contributed by atoms with Crippen LogP contribution < -0.4 is 10.1 Å². The third kappa shape index (κ3) is 4.30. The lowest BCUT2D eigenvalue weighted by Crippen LogP contribution is -2.41. The van der Waals surface area contributed by atoms with Crippen LogP contribution in [-0.4, -0.2) is 34.2 Å². The van der Waals surface area contributed by atoms with Crippen LogP contribution in [0.3, 0.4) is 0 Å². The number of carbonyl (C=O) groups excluding carboxylic acids is 1. The molecule has 7 nitrogen and oxygen atoms in total. The fourth-order valence-corrected chi connectivity index (χ4v) is 3.66. The fraction of sp³-hybridized carbons (Fsp3) is 0.348. The van der Waals surface area contributed by atoms with Crippen molar-refractivity contribution in [2.45, 2.75) is 39.2 Å². The number of urea groups is 1. The number of nitrogens with one attached hydrogen (secondary N) is 1. The number of hydrogen-bond donors (Lipinski definition) is 1. The Bertz CT molecular complexity index is 1000. The highest BCUT2D eigenvalue weighted by atomic mass is 16.5. The Morgan fingerprint density at radius 2 is 2.00 bits per heavy atom. The van der Waals surface area contributed by atoms with Crippen molar-refractivity contribution in [1.82, 2.24) is 15.0 Å². The zero-order valence-electron chi connectivity index (χ0n) is 17.3. The standard InChI is InChI=1S/C23H26N4O3/c1-3-29-20-10-5-4-8-18(20)24-23(28)27-15-7-6-9-19(27)22-25-21(26-30-22)17-13-11-16(2)12-14-17/h4-5,8,10-14,19H,3,6-7,9,15H2,1-2H3,(H,24,28). The van der Waals surface area contributed by atoms with E-state index in [4.69, 9.17) is 9.26 Å². The molecular formula is C23H26N4O3. The third-order valence-electron chi connectivity index (χ3n) is 5.23. The molecule has 7 heteroatoms. The summed E-state index contributed by atoms with van der Waals surface area (Å²) in [5.74, 6) is 1.66. The van der Waals surface area contributed by atoms with Crippen molar-refractivity contribution in [3.8, 4) is 17.1 Å². The van der Waals surface area contributed by atoms with Gasteiger partial charge in [-0.1, -0.05) is 47.1 Å². The summed E-state index contributed by atoms with van der Waals surface area (Å²) in [6.45, 7) is 5.12. The van der Waals surface area contributed by atoms with Crippen LogP contribution in [-0.2, 0) is 0 Å². The maximum Gasteiger partial charge on any atom is 0.322 e. The van der Waals surface area contributed by atoms with Gasteiger partial charge >= 0.3 is 6.03 Å². The van der Waals surface area contributed by atoms with Gasteiger partial charge in [-0.2, -0.15) is 4.98 Å². The lowest BCUT2D eigenvalue weighted by Gasteiger charge is -2.33. The van der Waals surface area contributed by atoms with Crippen molar-refractivity contribution in [3.05, 3.63) is 60.0 Å². The lowest BCUT2D eigenvalue weighted by molar-refractivity contribution is 0.142. The van der Waals surface area contributed by atoms with E-state index >= 15 is 0 Å². The summed E-state index contributed by atoms with van der Waals surface area (Å²) < 4.78 is 11.2. The molecule has 2 amide bonds. The normalized spacial score (nSPS) is 16.3. The van der Waals surface area contributed by atoms with Crippen LogP contribution in [0.15, 0.2) is 53.1 Å². The van der Waals surface area contributed by atoms with Gasteiger partial charge in [0.05, 0.1) is 12.3 Å². The van der Waals surface area contributed by atoms with Crippen molar-refractivity contribution < 1.29 is 14.1 Å². The molecule has 0 bridgehead atoms. The quantitative estimate of drug-likeness (QED) is 0.630. The molecule has 0 aliphatic carbocycles. The van der Waals surface area contributed by atoms with E-state index in [0.29, 0.717) is 36.3 Å². The third-order valence-corrected chi connectivity index (χ3v) is 5.23. The molecule has 2 heterocycles. The molecule has 1 aromatic heterocycles. The number of anilines is 1. The summed E-state index contributed by atoms with van der Waals surface area (Å²) in [5, 5.41) is 7.12. The van der Waals surface area contributed by atoms with Crippen LogP contribution in [0.5, 0.6) is 5.75 Å². The molecule has 0 saturated carbocycles. The van der Waals surface area contributed by atoms with Crippen LogP contribution in [0.25, 0.3) is 11.4 Å². The van der Waals surface area contributed by atoms with Gasteiger partial charge in [0.1, 0.15) is 11.8 Å². The first-order chi connectivity index (χ1) is 14.7. The zero-order valence-corrected chi connectivity index (χ0v) is 17.3. The van der Waals surface area contributed by atoms with Gasteiger partial charge in [-0.25, -0.2) is 4.79 Å². The number of rotatable bonds is 5. The van der Waals surface area contributed by atoms with E-state index in [1.165, 1.54) is 5.56 Å². The van der Waals surface area contributed by atoms with Crippen molar-refractivity contribution in [2.24, 2.45) is 0 Å². The molecule has 1 N–H and O–H groups in total. The Morgan fingerprint density at radius 1 is 1.20 bits per heavy atom. The Morgan fingerprint density at radius 3 is 2.80 bits per heavy atom. The fourth-order valence-electron chi connectivity index (χ4n) is 3.66. The van der Waals surface area contributed by atoms with Gasteiger partial charge in [-0.05, 0) is 45.2 Å². The van der Waals surface area contributed by atoms with Crippen LogP contribution >= 0.6 is 0 Å². The lowest BCUT2D eigenvalue weighted by atomic mass is 10.0. The van der Waals surface area contributed by atoms with E-state index in [-0.39, 0.29) is 12.1 Å². The number of piperidine rings is 1. The van der Waals surface area contributed by atoms with E-state index < -0.39 is 0 Å². The van der Waals surface area contributed by atoms with Gasteiger partial charge in [0.2, 0.25) is 11.7 Å². The molecule has 3 aromatic rings. The predicted molar refractivity (Wildman–Crippen MR) is 114 cm³/mol. The number of aryl methyl sites for hydroxylation is 1. The molecule has 1 atom stereocenters. The summed E-state index contributed by atoms with van der Waals surface area (Å²) in [5.41, 5.74) is 2.72. The van der Waals surface area contributed by atoms with Gasteiger partial charge in [-0.3, -0.25) is 0 Å². The summed E-state index contributed by atoms with van der Waals surface area (Å²) in [6.07, 6.45) is 2.73. The summed E-state index contributed by atoms with van der Waals surface area (Å²) >= 11 is 0. The summed E-state index contributed by atoms with van der Waals surface area (Å²) in [6, 6.07) is 15.0. The summed E-state index contributed by atoms with van der Waals surface area (Å²) in [7, 11) is 0. The van der Waals surface area contributed by atoms with E-state index in [1.54, 1.807) is 4.90 Å². The predicted octanol–water partition coefficient (Wildman–Crippen LogP) is 5.20. The molecule has 30 heavy (non-hydrogen) atoms. The average Bonchev–Trinajstić information content (AvgIpc) is 3.26. The van der Waals surface area contributed by atoms with Crippen molar-refractivity contribution in [1.29, 1.82) is 0 Å². The maximum absolute atomic E-state index is 13.1. The second-order valence-electron chi connectivity index (χ2n) is 7.39. The molecule has 1 aliphatic heterocycles. The van der Waals surface area contributed by atoms with Gasteiger partial charge in [0, 0.05) is 12.1 Å². The number of nitrogens with zero attached hydrogens (tertiary/aromatic N) is 3. The second-order valence-corrected chi connectivity index (χ2v) is 7.39. The minimum atomic E-state index is -0.246. The number of para-hydroxylation sites is 2. The number of amides is 2. The first-order valence-electron chi connectivity index (χ1n) is 10.4. The molecule has 0 radical (unpaired) electrons. The molecule has 1 saturated heterocycles. The maximum atomic E-state index is 13.1. The Labute approximate surface area is 176 Å². The molecule has 4 rings (SSSR count). The van der Waals surface area contributed by atoms with E-state index in [1.807, 2.05) is 62.4 Å². The minimum absolute atomic E-state index is 0.193. The highest BCUT2D eigenvalue weighted by Gasteiger charge is 2.32. The summed E-state index contributed by atoms with van der Waals surface area (Å²) in [4.78, 5) is 19.5. The van der Waals surface area contributed by atoms with Gasteiger partial charge < -0.3 is 19.5 Å². The van der Waals surface area contributed by atoms with Gasteiger partial charge in [0.15, 0.2) is 0 Å². The average molecular weight is 406 g/mol. The smallest absolute Gasteiger partial charge is 0.322 e. The SMILES string of the molecule is CCOc1ccccc1NC(=O)N1CCCCC1c1nc(-c2ccc(C)cc2)no1. The molecule has 1 fully saturated rings. The Balaban J connectivity index is 1.53. The van der Waals surface area contributed by atoms with Gasteiger partial charge in [-0.15, -0.1) is 0 Å². The molecule has 0 spiro atoms. The Kier molecular flexibility index (Phi) is 5.97. The largest absolute Gasteiger partial charge is 0.492 e. The number of benzene rings is 2. The highest BCUT2D eigenvalue weighted by Crippen LogP contribution is 2.32. The first-order valence-corrected chi connectivity index (χ1v) is 10.4.